The number of hydrazine groups is 1. The summed E-state index contributed by atoms with van der Waals surface area (Å²) >= 11 is 0. The molecular weight excluding hydrogens is 184 g/mol. The minimum Gasteiger partial charge on any atom is -0.354 e. The van der Waals surface area contributed by atoms with Crippen LogP contribution in [-0.2, 0) is 9.59 Å². The number of carbonyl (C=O) groups is 2. The number of carbonyl (C=O) groups excluding carboxylic acids is 2. The van der Waals surface area contributed by atoms with Crippen molar-refractivity contribution in [3.63, 3.8) is 0 Å². The van der Waals surface area contributed by atoms with Crippen molar-refractivity contribution in [1.82, 2.24) is 10.7 Å². The minimum atomic E-state index is -1.06. The molecule has 0 spiro atoms. The third-order valence-corrected chi connectivity index (χ3v) is 1.60. The molecule has 0 aromatic heterocycles. The lowest BCUT2D eigenvalue weighted by Gasteiger charge is -2.12. The van der Waals surface area contributed by atoms with Crippen LogP contribution >= 0.6 is 0 Å². The maximum atomic E-state index is 11.3. The van der Waals surface area contributed by atoms with E-state index >= 15 is 0 Å². The Morgan fingerprint density at radius 3 is 2.57 bits per heavy atom. The van der Waals surface area contributed by atoms with E-state index in [-0.39, 0.29) is 6.54 Å². The molecule has 0 rings (SSSR count). The van der Waals surface area contributed by atoms with Crippen LogP contribution in [0.3, 0.4) is 0 Å². The van der Waals surface area contributed by atoms with Gasteiger partial charge in [0.25, 0.3) is 0 Å². The summed E-state index contributed by atoms with van der Waals surface area (Å²) in [5, 5.41) is 2.52. The number of nitrogens with two attached hydrogens (primary N) is 2. The first kappa shape index (κ1) is 12.8. The third-order valence-electron chi connectivity index (χ3n) is 1.60. The van der Waals surface area contributed by atoms with Gasteiger partial charge in [0.15, 0.2) is 11.8 Å². The zero-order chi connectivity index (χ0) is 11.0. The molecule has 0 bridgehead atoms. The van der Waals surface area contributed by atoms with Gasteiger partial charge in [-0.05, 0) is 6.42 Å². The van der Waals surface area contributed by atoms with Gasteiger partial charge in [0.2, 0.25) is 5.91 Å². The summed E-state index contributed by atoms with van der Waals surface area (Å²) in [7, 11) is 0. The molecule has 0 heterocycles. The van der Waals surface area contributed by atoms with Gasteiger partial charge < -0.3 is 11.1 Å². The Morgan fingerprint density at radius 1 is 1.50 bits per heavy atom. The van der Waals surface area contributed by atoms with Crippen molar-refractivity contribution in [3.05, 3.63) is 12.7 Å². The molecule has 0 aliphatic rings. The van der Waals surface area contributed by atoms with Crippen molar-refractivity contribution in [1.29, 1.82) is 0 Å². The van der Waals surface area contributed by atoms with Crippen LogP contribution in [0.2, 0.25) is 0 Å². The SMILES string of the molecule is C=CCCNC(=O)C(NN)C(=O)CN. The van der Waals surface area contributed by atoms with Gasteiger partial charge in [-0.15, -0.1) is 6.58 Å². The van der Waals surface area contributed by atoms with Gasteiger partial charge in [-0.25, -0.2) is 5.43 Å². The number of hydrogen-bond donors (Lipinski definition) is 4. The molecule has 0 aliphatic carbocycles. The Balaban J connectivity index is 4.04. The molecule has 6 nitrogen and oxygen atoms in total. The van der Waals surface area contributed by atoms with E-state index in [4.69, 9.17) is 11.6 Å². The maximum Gasteiger partial charge on any atom is 0.246 e. The quantitative estimate of drug-likeness (QED) is 0.125. The van der Waals surface area contributed by atoms with Crippen LogP contribution in [0.25, 0.3) is 0 Å². The first-order chi connectivity index (χ1) is 6.67. The molecule has 0 fully saturated rings. The lowest BCUT2D eigenvalue weighted by molar-refractivity contribution is -0.130. The fraction of sp³-hybridized carbons (Fsp3) is 0.500. The fourth-order valence-corrected chi connectivity index (χ4v) is 0.832. The topological polar surface area (TPSA) is 110 Å². The number of amides is 1. The molecule has 0 aromatic rings. The maximum absolute atomic E-state index is 11.3. The van der Waals surface area contributed by atoms with E-state index in [9.17, 15) is 9.59 Å². The summed E-state index contributed by atoms with van der Waals surface area (Å²) in [6.07, 6.45) is 2.30. The lowest BCUT2D eigenvalue weighted by atomic mass is 10.2. The van der Waals surface area contributed by atoms with Crippen molar-refractivity contribution in [2.75, 3.05) is 13.1 Å². The van der Waals surface area contributed by atoms with E-state index in [1.54, 1.807) is 6.08 Å². The van der Waals surface area contributed by atoms with Gasteiger partial charge in [0, 0.05) is 6.54 Å². The number of nitrogens with one attached hydrogen (secondary N) is 2. The van der Waals surface area contributed by atoms with Crippen LogP contribution in [0.1, 0.15) is 6.42 Å². The van der Waals surface area contributed by atoms with Crippen molar-refractivity contribution >= 4 is 11.7 Å². The lowest BCUT2D eigenvalue weighted by Crippen LogP contribution is -2.53. The number of hydrogen-bond acceptors (Lipinski definition) is 5. The second-order valence-corrected chi connectivity index (χ2v) is 2.64. The molecule has 1 amide bonds. The Kier molecular flexibility index (Phi) is 6.55. The number of rotatable bonds is 7. The normalized spacial score (nSPS) is 11.9. The van der Waals surface area contributed by atoms with Crippen LogP contribution in [0.4, 0.5) is 0 Å². The first-order valence-corrected chi connectivity index (χ1v) is 4.24. The summed E-state index contributed by atoms with van der Waals surface area (Å²) in [5.41, 5.74) is 7.21. The highest BCUT2D eigenvalue weighted by Gasteiger charge is 2.22. The average Bonchev–Trinajstić information content (AvgIpc) is 2.19. The monoisotopic (exact) mass is 200 g/mol. The molecular formula is C8H16N4O2. The van der Waals surface area contributed by atoms with E-state index in [1.165, 1.54) is 0 Å². The van der Waals surface area contributed by atoms with Gasteiger partial charge in [-0.3, -0.25) is 15.4 Å². The molecule has 1 atom stereocenters. The highest BCUT2D eigenvalue weighted by molar-refractivity contribution is 6.06. The van der Waals surface area contributed by atoms with Gasteiger partial charge >= 0.3 is 0 Å². The Morgan fingerprint density at radius 2 is 2.14 bits per heavy atom. The minimum absolute atomic E-state index is 0.219. The van der Waals surface area contributed by atoms with E-state index in [0.29, 0.717) is 13.0 Å². The van der Waals surface area contributed by atoms with Gasteiger partial charge in [0.05, 0.1) is 6.54 Å². The van der Waals surface area contributed by atoms with Gasteiger partial charge in [-0.2, -0.15) is 0 Å². The second-order valence-electron chi connectivity index (χ2n) is 2.64. The van der Waals surface area contributed by atoms with E-state index < -0.39 is 17.7 Å². The smallest absolute Gasteiger partial charge is 0.246 e. The summed E-state index contributed by atoms with van der Waals surface area (Å²) in [5.74, 6) is 4.14. The van der Waals surface area contributed by atoms with Crippen molar-refractivity contribution in [3.8, 4) is 0 Å². The van der Waals surface area contributed by atoms with Crippen LogP contribution in [0.5, 0.6) is 0 Å². The fourth-order valence-electron chi connectivity index (χ4n) is 0.832. The highest BCUT2D eigenvalue weighted by atomic mass is 16.2. The molecule has 0 radical (unpaired) electrons. The molecule has 1 unspecified atom stereocenters. The molecule has 0 aromatic carbocycles. The van der Waals surface area contributed by atoms with Gasteiger partial charge in [0.1, 0.15) is 0 Å². The molecule has 6 heteroatoms. The largest absolute Gasteiger partial charge is 0.354 e. The number of ketones is 1. The molecule has 0 saturated heterocycles. The van der Waals surface area contributed by atoms with Gasteiger partial charge in [-0.1, -0.05) is 6.08 Å². The number of Topliss-reactive ketones (excluding diaryl/α,β-unsaturated/α-hetero) is 1. The second kappa shape index (κ2) is 7.19. The molecule has 0 aliphatic heterocycles. The molecule has 14 heavy (non-hydrogen) atoms. The molecule has 80 valence electrons. The summed E-state index contributed by atoms with van der Waals surface area (Å²) < 4.78 is 0. The Hall–Kier alpha value is -1.24. The van der Waals surface area contributed by atoms with Crippen LogP contribution in [-0.4, -0.2) is 30.8 Å². The zero-order valence-electron chi connectivity index (χ0n) is 7.95. The predicted molar refractivity (Wildman–Crippen MR) is 53.0 cm³/mol. The standard InChI is InChI=1S/C8H16N4O2/c1-2-3-4-11-8(14)7(12-10)6(13)5-9/h2,7,12H,1,3-5,9-10H2,(H,11,14). The highest BCUT2D eigenvalue weighted by Crippen LogP contribution is 1.85. The Labute approximate surface area is 82.7 Å². The molecule has 6 N–H and O–H groups in total. The predicted octanol–water partition coefficient (Wildman–Crippen LogP) is -1.96. The van der Waals surface area contributed by atoms with Crippen molar-refractivity contribution in [2.45, 2.75) is 12.5 Å². The summed E-state index contributed by atoms with van der Waals surface area (Å²) in [6, 6.07) is -1.06. The Bertz CT molecular complexity index is 217. The summed E-state index contributed by atoms with van der Waals surface area (Å²) in [4.78, 5) is 22.4. The van der Waals surface area contributed by atoms with Crippen molar-refractivity contribution in [2.24, 2.45) is 11.6 Å². The van der Waals surface area contributed by atoms with Crippen LogP contribution in [0, 0.1) is 0 Å². The van der Waals surface area contributed by atoms with Crippen LogP contribution < -0.4 is 22.3 Å². The van der Waals surface area contributed by atoms with Crippen LogP contribution in [0.15, 0.2) is 12.7 Å². The third kappa shape index (κ3) is 4.13. The van der Waals surface area contributed by atoms with E-state index in [0.717, 1.165) is 0 Å². The van der Waals surface area contributed by atoms with E-state index in [1.807, 2.05) is 0 Å². The van der Waals surface area contributed by atoms with E-state index in [2.05, 4.69) is 17.3 Å². The summed E-state index contributed by atoms with van der Waals surface area (Å²) in [6.45, 7) is 3.71. The first-order valence-electron chi connectivity index (χ1n) is 4.24. The zero-order valence-corrected chi connectivity index (χ0v) is 7.95. The average molecular weight is 200 g/mol. The molecule has 0 saturated carbocycles. The van der Waals surface area contributed by atoms with Crippen molar-refractivity contribution < 1.29 is 9.59 Å².